The highest BCUT2D eigenvalue weighted by molar-refractivity contribution is 5.76. The lowest BCUT2D eigenvalue weighted by atomic mass is 10.1. The Bertz CT molecular complexity index is 450. The summed E-state index contributed by atoms with van der Waals surface area (Å²) in [5.41, 5.74) is -0.806. The maximum atomic E-state index is 11.7. The molecule has 1 amide bonds. The van der Waals surface area contributed by atoms with E-state index in [2.05, 4.69) is 10.4 Å². The molecule has 1 rings (SSSR count). The lowest BCUT2D eigenvalue weighted by Crippen LogP contribution is -2.46. The summed E-state index contributed by atoms with van der Waals surface area (Å²) < 4.78 is 2.24. The van der Waals surface area contributed by atoms with E-state index < -0.39 is 11.7 Å². The molecule has 0 aliphatic rings. The van der Waals surface area contributed by atoms with Crippen LogP contribution in [0.4, 0.5) is 4.79 Å². The predicted molar refractivity (Wildman–Crippen MR) is 60.5 cm³/mol. The van der Waals surface area contributed by atoms with Gasteiger partial charge in [0.25, 0.3) is 0 Å². The third-order valence-corrected chi connectivity index (χ3v) is 2.06. The van der Waals surface area contributed by atoms with Gasteiger partial charge >= 0.3 is 11.7 Å². The molecule has 0 bridgehead atoms. The first-order chi connectivity index (χ1) is 7.26. The van der Waals surface area contributed by atoms with Gasteiger partial charge in [0.2, 0.25) is 0 Å². The highest BCUT2D eigenvalue weighted by Gasteiger charge is 2.19. The van der Waals surface area contributed by atoms with E-state index in [4.69, 9.17) is 0 Å². The minimum atomic E-state index is -0.493. The van der Waals surface area contributed by atoms with E-state index in [-0.39, 0.29) is 5.54 Å². The molecule has 0 atom stereocenters. The van der Waals surface area contributed by atoms with Crippen LogP contribution in [0, 0.1) is 0 Å². The second-order valence-corrected chi connectivity index (χ2v) is 4.70. The van der Waals surface area contributed by atoms with Crippen molar-refractivity contribution in [2.75, 3.05) is 0 Å². The first kappa shape index (κ1) is 12.5. The molecule has 6 heteroatoms. The Hall–Kier alpha value is -1.59. The van der Waals surface area contributed by atoms with Crippen molar-refractivity contribution >= 4 is 6.03 Å². The first-order valence-corrected chi connectivity index (χ1v) is 5.23. The number of aryl methyl sites for hydroxylation is 1. The molecular formula is C10H18N4O2. The number of hydrogen-bond donors (Lipinski definition) is 1. The van der Waals surface area contributed by atoms with Gasteiger partial charge in [-0.1, -0.05) is 6.92 Å². The second-order valence-electron chi connectivity index (χ2n) is 4.70. The van der Waals surface area contributed by atoms with Crippen molar-refractivity contribution < 1.29 is 4.79 Å². The maximum Gasteiger partial charge on any atom is 0.354 e. The average Bonchev–Trinajstić information content (AvgIpc) is 2.41. The molecule has 0 unspecified atom stereocenters. The minimum absolute atomic E-state index is 0.388. The number of rotatable bonds is 1. The number of aromatic nitrogens is 3. The smallest absolute Gasteiger partial charge is 0.331 e. The fraction of sp³-hybridized carbons (Fsp3) is 0.700. The van der Waals surface area contributed by atoms with Crippen LogP contribution in [0.5, 0.6) is 0 Å². The fourth-order valence-electron chi connectivity index (χ4n) is 1.29. The van der Waals surface area contributed by atoms with Crippen LogP contribution in [0.15, 0.2) is 4.79 Å². The van der Waals surface area contributed by atoms with E-state index in [1.165, 1.54) is 4.57 Å². The van der Waals surface area contributed by atoms with Crippen molar-refractivity contribution in [1.29, 1.82) is 0 Å². The quantitative estimate of drug-likeness (QED) is 0.758. The zero-order valence-corrected chi connectivity index (χ0v) is 10.4. The van der Waals surface area contributed by atoms with Crippen LogP contribution in [0.3, 0.4) is 0 Å². The van der Waals surface area contributed by atoms with Gasteiger partial charge in [-0.2, -0.15) is 0 Å². The molecule has 1 aromatic heterocycles. The number of amides is 1. The predicted octanol–water partition coefficient (Wildman–Crippen LogP) is 0.500. The molecule has 6 nitrogen and oxygen atoms in total. The zero-order chi connectivity index (χ0) is 12.5. The van der Waals surface area contributed by atoms with Gasteiger partial charge in [-0.25, -0.2) is 9.59 Å². The van der Waals surface area contributed by atoms with Crippen LogP contribution in [0.2, 0.25) is 0 Å². The van der Waals surface area contributed by atoms with Crippen molar-refractivity contribution in [1.82, 2.24) is 19.7 Å². The van der Waals surface area contributed by atoms with Gasteiger partial charge in [0, 0.05) is 19.0 Å². The Balaban J connectivity index is 3.06. The molecule has 90 valence electrons. The second kappa shape index (κ2) is 4.11. The van der Waals surface area contributed by atoms with Gasteiger partial charge in [0.15, 0.2) is 0 Å². The summed E-state index contributed by atoms with van der Waals surface area (Å²) in [4.78, 5) is 23.4. The van der Waals surface area contributed by atoms with Gasteiger partial charge in [-0.05, 0) is 20.8 Å². The normalized spacial score (nSPS) is 11.6. The largest absolute Gasteiger partial charge is 0.354 e. The van der Waals surface area contributed by atoms with Crippen LogP contribution in [-0.4, -0.2) is 25.9 Å². The van der Waals surface area contributed by atoms with E-state index in [1.54, 1.807) is 7.05 Å². The van der Waals surface area contributed by atoms with E-state index in [0.29, 0.717) is 12.2 Å². The summed E-state index contributed by atoms with van der Waals surface area (Å²) in [5, 5.41) is 6.66. The molecule has 0 spiro atoms. The molecule has 1 aromatic rings. The Morgan fingerprint density at radius 2 is 2.00 bits per heavy atom. The number of nitrogens with one attached hydrogen (secondary N) is 1. The van der Waals surface area contributed by atoms with Crippen LogP contribution in [-0.2, 0) is 13.5 Å². The highest BCUT2D eigenvalue weighted by Crippen LogP contribution is 1.99. The molecule has 1 heterocycles. The molecule has 1 N–H and O–H groups in total. The SMILES string of the molecule is CCc1nn(C(=O)NC(C)(C)C)c(=O)n1C. The molecule has 0 aliphatic heterocycles. The Morgan fingerprint density at radius 1 is 1.44 bits per heavy atom. The summed E-state index contributed by atoms with van der Waals surface area (Å²) in [6, 6.07) is -0.493. The van der Waals surface area contributed by atoms with Crippen LogP contribution in [0.1, 0.15) is 33.5 Å². The van der Waals surface area contributed by atoms with Gasteiger partial charge in [0.05, 0.1) is 0 Å². The standard InChI is InChI=1S/C10H18N4O2/c1-6-7-12-14(9(16)13(7)5)8(15)11-10(2,3)4/h6H2,1-5H3,(H,11,15). The lowest BCUT2D eigenvalue weighted by Gasteiger charge is -2.19. The first-order valence-electron chi connectivity index (χ1n) is 5.23. The van der Waals surface area contributed by atoms with Crippen LogP contribution < -0.4 is 11.0 Å². The van der Waals surface area contributed by atoms with Gasteiger partial charge in [-0.3, -0.25) is 4.57 Å². The minimum Gasteiger partial charge on any atom is -0.331 e. The van der Waals surface area contributed by atoms with Crippen LogP contribution >= 0.6 is 0 Å². The van der Waals surface area contributed by atoms with Crippen LogP contribution in [0.25, 0.3) is 0 Å². The number of hydrogen-bond acceptors (Lipinski definition) is 3. The lowest BCUT2D eigenvalue weighted by molar-refractivity contribution is 0.229. The number of carbonyl (C=O) groups excluding carboxylic acids is 1. The zero-order valence-electron chi connectivity index (χ0n) is 10.4. The Kier molecular flexibility index (Phi) is 3.21. The van der Waals surface area contributed by atoms with Gasteiger partial charge in [-0.15, -0.1) is 9.78 Å². The van der Waals surface area contributed by atoms with E-state index in [0.717, 1.165) is 4.68 Å². The molecule has 0 fully saturated rings. The molecular weight excluding hydrogens is 208 g/mol. The van der Waals surface area contributed by atoms with E-state index >= 15 is 0 Å². The summed E-state index contributed by atoms with van der Waals surface area (Å²) in [7, 11) is 1.61. The third kappa shape index (κ3) is 2.50. The summed E-state index contributed by atoms with van der Waals surface area (Å²) in [6.45, 7) is 7.42. The monoisotopic (exact) mass is 226 g/mol. The molecule has 0 saturated heterocycles. The third-order valence-electron chi connectivity index (χ3n) is 2.06. The number of nitrogens with zero attached hydrogens (tertiary/aromatic N) is 3. The Labute approximate surface area is 94.3 Å². The van der Waals surface area contributed by atoms with Crippen molar-refractivity contribution in [3.05, 3.63) is 16.3 Å². The molecule has 0 saturated carbocycles. The van der Waals surface area contributed by atoms with Crippen molar-refractivity contribution in [3.8, 4) is 0 Å². The van der Waals surface area contributed by atoms with E-state index in [1.807, 2.05) is 27.7 Å². The summed E-state index contributed by atoms with van der Waals surface area (Å²) >= 11 is 0. The molecule has 0 aromatic carbocycles. The van der Waals surface area contributed by atoms with Crippen molar-refractivity contribution in [3.63, 3.8) is 0 Å². The Morgan fingerprint density at radius 3 is 2.38 bits per heavy atom. The van der Waals surface area contributed by atoms with Gasteiger partial charge in [0.1, 0.15) is 5.82 Å². The van der Waals surface area contributed by atoms with E-state index in [9.17, 15) is 9.59 Å². The number of carbonyl (C=O) groups is 1. The molecule has 16 heavy (non-hydrogen) atoms. The highest BCUT2D eigenvalue weighted by atomic mass is 16.2. The summed E-state index contributed by atoms with van der Waals surface area (Å²) in [5.74, 6) is 0.592. The van der Waals surface area contributed by atoms with Crippen molar-refractivity contribution in [2.24, 2.45) is 7.05 Å². The summed E-state index contributed by atoms with van der Waals surface area (Å²) in [6.07, 6.45) is 0.613. The van der Waals surface area contributed by atoms with Crippen molar-refractivity contribution in [2.45, 2.75) is 39.7 Å². The molecule has 0 aliphatic carbocycles. The maximum absolute atomic E-state index is 11.7. The average molecular weight is 226 g/mol. The molecule has 0 radical (unpaired) electrons. The topological polar surface area (TPSA) is 68.9 Å². The fourth-order valence-corrected chi connectivity index (χ4v) is 1.29. The van der Waals surface area contributed by atoms with Gasteiger partial charge < -0.3 is 5.32 Å².